The van der Waals surface area contributed by atoms with Crippen molar-refractivity contribution in [2.24, 2.45) is 5.41 Å². The summed E-state index contributed by atoms with van der Waals surface area (Å²) in [4.78, 5) is 25.8. The lowest BCUT2D eigenvalue weighted by atomic mass is 9.79. The SMILES string of the molecule is O=C1CCc2c(OCC3(C(=O)O)CCN(c4cc(Cl)c(Cl)cc4Cl)CC3)ccc(F)c2N1. The first-order chi connectivity index (χ1) is 15.2. The smallest absolute Gasteiger partial charge is 0.313 e. The molecule has 0 spiro atoms. The molecule has 0 bridgehead atoms. The van der Waals surface area contributed by atoms with Gasteiger partial charge in [0.05, 0.1) is 26.4 Å². The summed E-state index contributed by atoms with van der Waals surface area (Å²) in [6, 6.07) is 5.93. The Bertz CT molecular complexity index is 1090. The topological polar surface area (TPSA) is 78.9 Å². The third kappa shape index (κ3) is 4.34. The van der Waals surface area contributed by atoms with Crippen LogP contribution < -0.4 is 15.0 Å². The largest absolute Gasteiger partial charge is 0.492 e. The molecule has 2 aliphatic heterocycles. The molecular formula is C22H20Cl3FN2O4. The van der Waals surface area contributed by atoms with Crippen LogP contribution in [0, 0.1) is 11.2 Å². The number of piperidine rings is 1. The normalized spacial score (nSPS) is 17.5. The van der Waals surface area contributed by atoms with Crippen molar-refractivity contribution in [1.82, 2.24) is 0 Å². The van der Waals surface area contributed by atoms with Crippen LogP contribution in [0.15, 0.2) is 24.3 Å². The van der Waals surface area contributed by atoms with Gasteiger partial charge in [0.1, 0.15) is 23.6 Å². The third-order valence-corrected chi connectivity index (χ3v) is 7.12. The highest BCUT2D eigenvalue weighted by atomic mass is 35.5. The number of carbonyl (C=O) groups excluding carboxylic acids is 1. The molecule has 4 rings (SSSR count). The Kier molecular flexibility index (Phi) is 6.43. The van der Waals surface area contributed by atoms with Crippen molar-refractivity contribution in [2.45, 2.75) is 25.7 Å². The van der Waals surface area contributed by atoms with Crippen molar-refractivity contribution in [3.05, 3.63) is 50.7 Å². The molecule has 0 unspecified atom stereocenters. The molecule has 2 N–H and O–H groups in total. The second-order valence-electron chi connectivity index (χ2n) is 8.03. The summed E-state index contributed by atoms with van der Waals surface area (Å²) >= 11 is 18.4. The quantitative estimate of drug-likeness (QED) is 0.535. The number of anilines is 2. The van der Waals surface area contributed by atoms with Gasteiger partial charge >= 0.3 is 5.97 Å². The number of rotatable bonds is 5. The number of nitrogens with zero attached hydrogens (tertiary/aromatic N) is 1. The van der Waals surface area contributed by atoms with E-state index in [2.05, 4.69) is 5.32 Å². The molecule has 2 heterocycles. The fourth-order valence-corrected chi connectivity index (χ4v) is 4.79. The van der Waals surface area contributed by atoms with Crippen molar-refractivity contribution in [3.63, 3.8) is 0 Å². The van der Waals surface area contributed by atoms with E-state index in [1.165, 1.54) is 12.1 Å². The summed E-state index contributed by atoms with van der Waals surface area (Å²) < 4.78 is 20.0. The summed E-state index contributed by atoms with van der Waals surface area (Å²) in [5.41, 5.74) is 0.236. The van der Waals surface area contributed by atoms with E-state index in [-0.39, 0.29) is 24.6 Å². The highest BCUT2D eigenvalue weighted by Crippen LogP contribution is 2.40. The van der Waals surface area contributed by atoms with Gasteiger partial charge in [0.2, 0.25) is 5.91 Å². The summed E-state index contributed by atoms with van der Waals surface area (Å²) in [7, 11) is 0. The van der Waals surface area contributed by atoms with Crippen molar-refractivity contribution < 1.29 is 23.8 Å². The number of carbonyl (C=O) groups is 2. The first kappa shape index (κ1) is 23.0. The third-order valence-electron chi connectivity index (χ3n) is 6.09. The minimum atomic E-state index is -1.11. The molecule has 32 heavy (non-hydrogen) atoms. The van der Waals surface area contributed by atoms with Gasteiger partial charge in [0, 0.05) is 25.1 Å². The second-order valence-corrected chi connectivity index (χ2v) is 9.25. The Morgan fingerprint density at radius 3 is 2.50 bits per heavy atom. The lowest BCUT2D eigenvalue weighted by Crippen LogP contribution is -2.47. The van der Waals surface area contributed by atoms with Gasteiger partial charge in [-0.1, -0.05) is 34.8 Å². The van der Waals surface area contributed by atoms with Crippen LogP contribution in [-0.4, -0.2) is 36.7 Å². The zero-order chi connectivity index (χ0) is 23.0. The number of benzene rings is 2. The number of carboxylic acids is 1. The maximum absolute atomic E-state index is 14.1. The summed E-state index contributed by atoms with van der Waals surface area (Å²) in [6.45, 7) is 0.799. The average molecular weight is 502 g/mol. The number of amides is 1. The molecule has 6 nitrogen and oxygen atoms in total. The number of ether oxygens (including phenoxy) is 1. The van der Waals surface area contributed by atoms with Gasteiger partial charge in [0.25, 0.3) is 0 Å². The molecule has 2 aromatic rings. The fourth-order valence-electron chi connectivity index (χ4n) is 4.13. The predicted octanol–water partition coefficient (Wildman–Crippen LogP) is 5.42. The first-order valence-electron chi connectivity index (χ1n) is 10.1. The zero-order valence-corrected chi connectivity index (χ0v) is 19.2. The van der Waals surface area contributed by atoms with E-state index in [0.717, 1.165) is 0 Å². The molecule has 0 radical (unpaired) electrons. The molecule has 0 atom stereocenters. The lowest BCUT2D eigenvalue weighted by molar-refractivity contribution is -0.152. The molecule has 1 amide bonds. The highest BCUT2D eigenvalue weighted by molar-refractivity contribution is 6.44. The van der Waals surface area contributed by atoms with E-state index in [9.17, 15) is 19.1 Å². The zero-order valence-electron chi connectivity index (χ0n) is 16.9. The Morgan fingerprint density at radius 1 is 1.12 bits per heavy atom. The number of nitrogens with one attached hydrogen (secondary N) is 1. The Morgan fingerprint density at radius 2 is 1.81 bits per heavy atom. The number of hydrogen-bond donors (Lipinski definition) is 2. The monoisotopic (exact) mass is 500 g/mol. The van der Waals surface area contributed by atoms with E-state index >= 15 is 0 Å². The van der Waals surface area contributed by atoms with Gasteiger partial charge < -0.3 is 20.1 Å². The van der Waals surface area contributed by atoms with Gasteiger partial charge in [0.15, 0.2) is 0 Å². The van der Waals surface area contributed by atoms with E-state index in [1.807, 2.05) is 4.90 Å². The lowest BCUT2D eigenvalue weighted by Gasteiger charge is -2.40. The Hall–Kier alpha value is -2.22. The average Bonchev–Trinajstić information content (AvgIpc) is 2.76. The van der Waals surface area contributed by atoms with Crippen LogP contribution in [0.3, 0.4) is 0 Å². The van der Waals surface area contributed by atoms with Crippen molar-refractivity contribution in [2.75, 3.05) is 29.9 Å². The van der Waals surface area contributed by atoms with Crippen LogP contribution in [-0.2, 0) is 16.0 Å². The van der Waals surface area contributed by atoms with E-state index in [0.29, 0.717) is 64.4 Å². The molecule has 1 fully saturated rings. The number of hydrogen-bond acceptors (Lipinski definition) is 4. The van der Waals surface area contributed by atoms with E-state index in [1.54, 1.807) is 12.1 Å². The van der Waals surface area contributed by atoms with Crippen LogP contribution in [0.4, 0.5) is 15.8 Å². The molecule has 0 saturated carbocycles. The standard InChI is InChI=1S/C22H20Cl3FN2O4/c23-13-9-15(25)17(10-14(13)24)28-7-5-22(6-8-28,21(30)31)11-32-18-3-2-16(26)20-12(18)1-4-19(29)27-20/h2-3,9-10H,1,4-8,11H2,(H,27,29)(H,30,31). The summed E-state index contributed by atoms with van der Waals surface area (Å²) in [5, 5.41) is 13.7. The molecule has 2 aromatic carbocycles. The minimum absolute atomic E-state index is 0.0721. The maximum atomic E-state index is 14.1. The van der Waals surface area contributed by atoms with Crippen LogP contribution in [0.2, 0.25) is 15.1 Å². The molecule has 0 aliphatic carbocycles. The maximum Gasteiger partial charge on any atom is 0.313 e. The molecular weight excluding hydrogens is 482 g/mol. The van der Waals surface area contributed by atoms with Crippen LogP contribution in [0.1, 0.15) is 24.8 Å². The molecule has 10 heteroatoms. The number of carboxylic acid groups (broad SMARTS) is 1. The van der Waals surface area contributed by atoms with Gasteiger partial charge in [-0.25, -0.2) is 4.39 Å². The Labute approximate surface area is 199 Å². The highest BCUT2D eigenvalue weighted by Gasteiger charge is 2.43. The van der Waals surface area contributed by atoms with Crippen molar-refractivity contribution >= 4 is 58.1 Å². The number of aliphatic carboxylic acids is 1. The molecule has 0 aromatic heterocycles. The number of halogens is 4. The van der Waals surface area contributed by atoms with Crippen LogP contribution in [0.5, 0.6) is 5.75 Å². The first-order valence-corrected chi connectivity index (χ1v) is 11.2. The van der Waals surface area contributed by atoms with Gasteiger partial charge in [-0.3, -0.25) is 9.59 Å². The van der Waals surface area contributed by atoms with Crippen molar-refractivity contribution in [1.29, 1.82) is 0 Å². The van der Waals surface area contributed by atoms with Gasteiger partial charge in [-0.15, -0.1) is 0 Å². The van der Waals surface area contributed by atoms with Gasteiger partial charge in [-0.2, -0.15) is 0 Å². The minimum Gasteiger partial charge on any atom is -0.492 e. The predicted molar refractivity (Wildman–Crippen MR) is 122 cm³/mol. The Balaban J connectivity index is 1.50. The van der Waals surface area contributed by atoms with Gasteiger partial charge in [-0.05, 0) is 43.5 Å². The van der Waals surface area contributed by atoms with Crippen molar-refractivity contribution in [3.8, 4) is 5.75 Å². The molecule has 1 saturated heterocycles. The van der Waals surface area contributed by atoms with E-state index in [4.69, 9.17) is 39.5 Å². The van der Waals surface area contributed by atoms with E-state index < -0.39 is 17.2 Å². The van der Waals surface area contributed by atoms with Crippen LogP contribution in [0.25, 0.3) is 0 Å². The van der Waals surface area contributed by atoms with Crippen LogP contribution >= 0.6 is 34.8 Å². The summed E-state index contributed by atoms with van der Waals surface area (Å²) in [6.07, 6.45) is 1.19. The fraction of sp³-hybridized carbons (Fsp3) is 0.364. The molecule has 2 aliphatic rings. The second kappa shape index (κ2) is 8.96. The molecule has 170 valence electrons. The number of fused-ring (bicyclic) bond motifs is 1. The summed E-state index contributed by atoms with van der Waals surface area (Å²) in [5.74, 6) is -1.37.